The number of nitrogens with zero attached hydrogens (tertiary/aromatic N) is 10. The Morgan fingerprint density at radius 1 is 1.00 bits per heavy atom. The number of hydrogen-bond acceptors (Lipinski definition) is 10. The topological polar surface area (TPSA) is 156 Å². The number of piperidine rings is 1. The first-order valence-corrected chi connectivity index (χ1v) is 17.7. The average Bonchev–Trinajstić information content (AvgIpc) is 3.59. The van der Waals surface area contributed by atoms with Crippen LogP contribution in [0, 0.1) is 6.92 Å². The Balaban J connectivity index is 1.16. The van der Waals surface area contributed by atoms with Crippen molar-refractivity contribution < 1.29 is 31.5 Å². The van der Waals surface area contributed by atoms with Crippen molar-refractivity contribution in [1.82, 2.24) is 44.0 Å². The molecule has 0 saturated carbocycles. The normalized spacial score (nSPS) is 17.6. The van der Waals surface area contributed by atoms with E-state index in [0.717, 1.165) is 22.7 Å². The molecular weight excluding hydrogens is 753 g/mol. The predicted octanol–water partition coefficient (Wildman–Crippen LogP) is 4.72. The first kappa shape index (κ1) is 36.4. The van der Waals surface area contributed by atoms with Crippen LogP contribution in [-0.2, 0) is 29.4 Å². The summed E-state index contributed by atoms with van der Waals surface area (Å²) in [6.45, 7) is 0.993. The highest BCUT2D eigenvalue weighted by atomic mass is 35.5. The van der Waals surface area contributed by atoms with Gasteiger partial charge in [0, 0.05) is 47.8 Å². The number of aromatic nitrogens is 8. The fraction of sp³-hybridized carbons (Fsp3) is 0.400. The number of likely N-dealkylation sites (tertiary alicyclic amines) is 1. The lowest BCUT2D eigenvalue weighted by Gasteiger charge is -2.45. The number of amides is 2. The minimum Gasteiger partial charge on any atom is -0.337 e. The van der Waals surface area contributed by atoms with Gasteiger partial charge >= 0.3 is 6.18 Å². The average molecular weight is 784 g/mol. The summed E-state index contributed by atoms with van der Waals surface area (Å²) >= 11 is 6.14. The van der Waals surface area contributed by atoms with Crippen LogP contribution >= 0.6 is 11.6 Å². The Hall–Kier alpha value is -5.59. The minimum absolute atomic E-state index is 0.0164. The van der Waals surface area contributed by atoms with Crippen molar-refractivity contribution >= 4 is 40.8 Å². The Labute approximate surface area is 313 Å². The number of halogens is 6. The van der Waals surface area contributed by atoms with E-state index < -0.39 is 54.2 Å². The smallest absolute Gasteiger partial charge is 0.337 e. The van der Waals surface area contributed by atoms with Crippen LogP contribution < -0.4 is 15.8 Å². The van der Waals surface area contributed by atoms with Gasteiger partial charge in [-0.15, -0.1) is 5.10 Å². The molecule has 0 radical (unpaired) electrons. The van der Waals surface area contributed by atoms with Gasteiger partial charge in [0.1, 0.15) is 18.6 Å². The lowest BCUT2D eigenvalue weighted by Crippen LogP contribution is -2.57. The van der Waals surface area contributed by atoms with Crippen molar-refractivity contribution in [3.05, 3.63) is 86.6 Å². The fourth-order valence-corrected chi connectivity index (χ4v) is 7.88. The van der Waals surface area contributed by atoms with Gasteiger partial charge < -0.3 is 19.7 Å². The molecule has 3 aliphatic rings. The number of carbonyl (C=O) groups is 2. The van der Waals surface area contributed by atoms with Gasteiger partial charge in [-0.05, 0) is 63.3 Å². The molecule has 2 fully saturated rings. The molecule has 1 aromatic carbocycles. The summed E-state index contributed by atoms with van der Waals surface area (Å²) in [4.78, 5) is 65.8. The first-order valence-electron chi connectivity index (χ1n) is 17.3. The van der Waals surface area contributed by atoms with Gasteiger partial charge in [-0.25, -0.2) is 28.7 Å². The molecule has 1 spiro atoms. The fourth-order valence-electron chi connectivity index (χ4n) is 7.65. The molecular formula is C35H31ClF5N11O3. The van der Waals surface area contributed by atoms with Crippen LogP contribution in [0.4, 0.5) is 33.6 Å². The van der Waals surface area contributed by atoms with Crippen molar-refractivity contribution in [3.63, 3.8) is 0 Å². The van der Waals surface area contributed by atoms with E-state index in [0.29, 0.717) is 62.1 Å². The summed E-state index contributed by atoms with van der Waals surface area (Å²) in [5.41, 5.74) is 0.0470. The van der Waals surface area contributed by atoms with Crippen LogP contribution in [0.25, 0.3) is 17.2 Å². The maximum atomic E-state index is 14.5. The van der Waals surface area contributed by atoms with Gasteiger partial charge in [0.2, 0.25) is 17.6 Å². The van der Waals surface area contributed by atoms with E-state index in [1.807, 2.05) is 0 Å². The number of carbonyl (C=O) groups excluding carboxylic acids is 2. The lowest BCUT2D eigenvalue weighted by atomic mass is 9.66. The number of nitrogens with one attached hydrogen (secondary N) is 1. The highest BCUT2D eigenvalue weighted by Gasteiger charge is 2.46. The number of fused-ring (bicyclic) bond motifs is 3. The summed E-state index contributed by atoms with van der Waals surface area (Å²) in [6.07, 6.45) is 1.98. The lowest BCUT2D eigenvalue weighted by molar-refractivity contribution is -0.137. The van der Waals surface area contributed by atoms with E-state index in [1.54, 1.807) is 22.5 Å². The zero-order valence-corrected chi connectivity index (χ0v) is 29.8. The molecule has 0 bridgehead atoms. The largest absolute Gasteiger partial charge is 0.416 e. The predicted molar refractivity (Wildman–Crippen MR) is 187 cm³/mol. The van der Waals surface area contributed by atoms with Gasteiger partial charge in [0.05, 0.1) is 34.9 Å². The zero-order valence-electron chi connectivity index (χ0n) is 29.1. The number of anilines is 2. The number of benzene rings is 1. The molecule has 6 heterocycles. The van der Waals surface area contributed by atoms with Crippen molar-refractivity contribution in [1.29, 1.82) is 0 Å². The zero-order chi connectivity index (χ0) is 38.9. The van der Waals surface area contributed by atoms with Crippen LogP contribution in [0.1, 0.15) is 58.7 Å². The summed E-state index contributed by atoms with van der Waals surface area (Å²) in [7, 11) is 0. The highest BCUT2D eigenvalue weighted by molar-refractivity contribution is 6.33. The second-order valence-electron chi connectivity index (χ2n) is 14.1. The summed E-state index contributed by atoms with van der Waals surface area (Å²) in [6, 6.07) is 4.20. The van der Waals surface area contributed by atoms with E-state index >= 15 is 0 Å². The second-order valence-corrected chi connectivity index (χ2v) is 14.5. The van der Waals surface area contributed by atoms with Crippen molar-refractivity contribution in [2.24, 2.45) is 0 Å². The van der Waals surface area contributed by atoms with Crippen LogP contribution in [0.3, 0.4) is 0 Å². The van der Waals surface area contributed by atoms with Crippen molar-refractivity contribution in [2.75, 3.05) is 36.4 Å². The van der Waals surface area contributed by atoms with E-state index in [-0.39, 0.29) is 45.4 Å². The Morgan fingerprint density at radius 2 is 1.73 bits per heavy atom. The Bertz CT molecular complexity index is 2400. The molecule has 1 aliphatic carbocycles. The molecule has 2 aliphatic heterocycles. The number of rotatable bonds is 6. The maximum absolute atomic E-state index is 14.5. The van der Waals surface area contributed by atoms with Crippen LogP contribution in [0.2, 0.25) is 5.02 Å². The molecule has 2 amide bonds. The number of alkyl halides is 5. The molecule has 14 nitrogen and oxygen atoms in total. The van der Waals surface area contributed by atoms with Gasteiger partial charge in [0.25, 0.3) is 17.4 Å². The first-order chi connectivity index (χ1) is 26.1. The van der Waals surface area contributed by atoms with E-state index in [2.05, 4.69) is 35.3 Å². The third-order valence-electron chi connectivity index (χ3n) is 10.4. The second kappa shape index (κ2) is 13.3. The Kier molecular flexibility index (Phi) is 8.81. The molecule has 4 aromatic heterocycles. The molecule has 8 rings (SSSR count). The molecule has 2 saturated heterocycles. The highest BCUT2D eigenvalue weighted by Crippen LogP contribution is 2.44. The molecule has 1 N–H and O–H groups in total. The molecule has 20 heteroatoms. The van der Waals surface area contributed by atoms with Gasteiger partial charge in [-0.1, -0.05) is 11.6 Å². The molecule has 286 valence electrons. The molecule has 55 heavy (non-hydrogen) atoms. The molecule has 0 atom stereocenters. The van der Waals surface area contributed by atoms with E-state index in [1.165, 1.54) is 23.6 Å². The quantitative estimate of drug-likeness (QED) is 0.239. The summed E-state index contributed by atoms with van der Waals surface area (Å²) < 4.78 is 69.4. The van der Waals surface area contributed by atoms with E-state index in [4.69, 9.17) is 11.6 Å². The standard InChI is InChI=1S/C35H31ClF5N11O3/c1-19-11-24(45-18-44-19)29(54)49-9-7-33(8-10-49)6-2-3-25-27(33)30(55)52-32(47-28(48-52)20-13-42-31(43-14-20)50-16-34(37,38)17-50)51(25)15-26(53)46-23-5-4-21(12-22(23)36)35(39,40)41/h4-5,11-14,18H,2-3,6-10,15-17H2,1H3,(H,46,53). The number of aryl methyl sites for hydroxylation is 1. The minimum atomic E-state index is -4.64. The van der Waals surface area contributed by atoms with Crippen molar-refractivity contribution in [2.45, 2.75) is 63.1 Å². The Morgan fingerprint density at radius 3 is 2.38 bits per heavy atom. The third kappa shape index (κ3) is 6.74. The van der Waals surface area contributed by atoms with Crippen LogP contribution in [-0.4, -0.2) is 87.9 Å². The van der Waals surface area contributed by atoms with Gasteiger partial charge in [-0.2, -0.15) is 22.7 Å². The summed E-state index contributed by atoms with van der Waals surface area (Å²) in [5, 5.41) is 6.77. The SMILES string of the molecule is Cc1cc(C(=O)N2CCC3(CCCc4c3c(=O)n3nc(-c5cnc(N6CC(F)(F)C6)nc5)nc3n4CC(=O)Nc3ccc(C(F)(F)F)cc3Cl)CC2)ncn1. The van der Waals surface area contributed by atoms with Crippen molar-refractivity contribution in [3.8, 4) is 11.4 Å². The van der Waals surface area contributed by atoms with E-state index in [9.17, 15) is 36.3 Å². The summed E-state index contributed by atoms with van der Waals surface area (Å²) in [5.74, 6) is -3.59. The molecule has 5 aromatic rings. The van der Waals surface area contributed by atoms with Crippen LogP contribution in [0.5, 0.6) is 0 Å². The van der Waals surface area contributed by atoms with Gasteiger partial charge in [0.15, 0.2) is 5.82 Å². The van der Waals surface area contributed by atoms with Crippen LogP contribution in [0.15, 0.2) is 47.8 Å². The van der Waals surface area contributed by atoms with Gasteiger partial charge in [-0.3, -0.25) is 14.4 Å². The monoisotopic (exact) mass is 783 g/mol. The molecule has 0 unspecified atom stereocenters. The maximum Gasteiger partial charge on any atom is 0.416 e. The number of hydrogen-bond donors (Lipinski definition) is 1. The third-order valence-corrected chi connectivity index (χ3v) is 10.7.